The number of aryl methyl sites for hydroxylation is 1. The Morgan fingerprint density at radius 2 is 1.95 bits per heavy atom. The molecule has 1 N–H and O–H groups in total. The van der Waals surface area contributed by atoms with Crippen molar-refractivity contribution in [2.75, 3.05) is 32.8 Å². The van der Waals surface area contributed by atoms with Crippen molar-refractivity contribution in [2.45, 2.75) is 13.0 Å². The first-order chi connectivity index (χ1) is 10.7. The van der Waals surface area contributed by atoms with Crippen LogP contribution in [0.25, 0.3) is 11.4 Å². The van der Waals surface area contributed by atoms with Gasteiger partial charge in [0.25, 0.3) is 0 Å². The summed E-state index contributed by atoms with van der Waals surface area (Å²) >= 11 is 0. The molecule has 0 aliphatic carbocycles. The molecule has 3 rings (SSSR count). The number of aliphatic hydroxyl groups is 1. The van der Waals surface area contributed by atoms with Gasteiger partial charge in [0.1, 0.15) is 0 Å². The highest BCUT2D eigenvalue weighted by Gasteiger charge is 2.18. The van der Waals surface area contributed by atoms with E-state index < -0.39 is 6.10 Å². The highest BCUT2D eigenvalue weighted by atomic mass is 16.5. The Labute approximate surface area is 130 Å². The van der Waals surface area contributed by atoms with E-state index in [0.717, 1.165) is 43.1 Å². The molecule has 1 atom stereocenters. The van der Waals surface area contributed by atoms with Crippen LogP contribution in [-0.2, 0) is 4.74 Å². The lowest BCUT2D eigenvalue weighted by Gasteiger charge is -2.28. The highest BCUT2D eigenvalue weighted by molar-refractivity contribution is 5.54. The average Bonchev–Trinajstić information content (AvgIpc) is 2.56. The molecule has 1 aromatic heterocycles. The quantitative estimate of drug-likeness (QED) is 0.933. The third-order valence-corrected chi connectivity index (χ3v) is 3.94. The summed E-state index contributed by atoms with van der Waals surface area (Å²) in [5.41, 5.74) is 2.61. The molecule has 1 aromatic carbocycles. The summed E-state index contributed by atoms with van der Waals surface area (Å²) in [6, 6.07) is 9.87. The van der Waals surface area contributed by atoms with Gasteiger partial charge in [-0.25, -0.2) is 9.97 Å². The molecule has 22 heavy (non-hydrogen) atoms. The summed E-state index contributed by atoms with van der Waals surface area (Å²) in [5, 5.41) is 10.5. The molecular weight excluding hydrogens is 278 g/mol. The van der Waals surface area contributed by atoms with E-state index in [0.29, 0.717) is 12.4 Å². The number of ether oxygens (including phenoxy) is 1. The normalized spacial score (nSPS) is 17.4. The number of nitrogens with zero attached hydrogens (tertiary/aromatic N) is 3. The van der Waals surface area contributed by atoms with E-state index in [1.165, 1.54) is 0 Å². The second kappa shape index (κ2) is 6.96. The summed E-state index contributed by atoms with van der Waals surface area (Å²) in [7, 11) is 0. The van der Waals surface area contributed by atoms with Crippen LogP contribution >= 0.6 is 0 Å². The average molecular weight is 299 g/mol. The van der Waals surface area contributed by atoms with Crippen LogP contribution < -0.4 is 0 Å². The molecule has 0 spiro atoms. The molecule has 0 bridgehead atoms. The van der Waals surface area contributed by atoms with E-state index in [1.54, 1.807) is 6.20 Å². The van der Waals surface area contributed by atoms with Gasteiger partial charge < -0.3 is 9.84 Å². The van der Waals surface area contributed by atoms with Gasteiger partial charge >= 0.3 is 0 Å². The van der Waals surface area contributed by atoms with Crippen molar-refractivity contribution < 1.29 is 9.84 Å². The summed E-state index contributed by atoms with van der Waals surface area (Å²) in [6.45, 7) is 5.70. The Kier molecular flexibility index (Phi) is 4.77. The molecule has 0 radical (unpaired) electrons. The molecule has 1 aliphatic rings. The lowest BCUT2D eigenvalue weighted by molar-refractivity contribution is 0.0141. The zero-order valence-electron chi connectivity index (χ0n) is 12.8. The summed E-state index contributed by atoms with van der Waals surface area (Å²) in [6.07, 6.45) is 1.18. The van der Waals surface area contributed by atoms with Crippen LogP contribution in [0.5, 0.6) is 0 Å². The molecule has 116 valence electrons. The van der Waals surface area contributed by atoms with Crippen LogP contribution in [-0.4, -0.2) is 52.8 Å². The molecule has 0 unspecified atom stereocenters. The van der Waals surface area contributed by atoms with Crippen LogP contribution in [0.4, 0.5) is 0 Å². The zero-order valence-corrected chi connectivity index (χ0v) is 12.8. The van der Waals surface area contributed by atoms with E-state index in [-0.39, 0.29) is 0 Å². The van der Waals surface area contributed by atoms with E-state index in [4.69, 9.17) is 4.74 Å². The standard InChI is InChI=1S/C17H21N3O2/c1-13-15(16(21)12-20-7-9-22-10-8-20)11-18-17(19-13)14-5-3-2-4-6-14/h2-6,11,16,21H,7-10,12H2,1H3/t16-/m0/s1. The topological polar surface area (TPSA) is 58.5 Å². The zero-order chi connectivity index (χ0) is 15.4. The van der Waals surface area contributed by atoms with Crippen molar-refractivity contribution in [1.82, 2.24) is 14.9 Å². The minimum absolute atomic E-state index is 0.567. The second-order valence-electron chi connectivity index (χ2n) is 5.53. The van der Waals surface area contributed by atoms with E-state index >= 15 is 0 Å². The minimum Gasteiger partial charge on any atom is -0.387 e. The van der Waals surface area contributed by atoms with Crippen molar-refractivity contribution in [3.8, 4) is 11.4 Å². The van der Waals surface area contributed by atoms with Crippen LogP contribution in [0.15, 0.2) is 36.5 Å². The van der Waals surface area contributed by atoms with E-state index in [2.05, 4.69) is 14.9 Å². The number of morpholine rings is 1. The molecular formula is C17H21N3O2. The molecule has 1 aliphatic heterocycles. The van der Waals surface area contributed by atoms with Crippen LogP contribution in [0.1, 0.15) is 17.4 Å². The van der Waals surface area contributed by atoms with Crippen LogP contribution in [0.3, 0.4) is 0 Å². The molecule has 2 heterocycles. The molecule has 0 amide bonds. The Morgan fingerprint density at radius 3 is 2.64 bits per heavy atom. The predicted octanol–water partition coefficient (Wildman–Crippen LogP) is 1.82. The van der Waals surface area contributed by atoms with Crippen molar-refractivity contribution in [2.24, 2.45) is 0 Å². The largest absolute Gasteiger partial charge is 0.387 e. The SMILES string of the molecule is Cc1nc(-c2ccccc2)ncc1[C@@H](O)CN1CCOCC1. The summed E-state index contributed by atoms with van der Waals surface area (Å²) in [5.74, 6) is 0.695. The van der Waals surface area contributed by atoms with Crippen molar-refractivity contribution in [3.05, 3.63) is 47.8 Å². The maximum Gasteiger partial charge on any atom is 0.159 e. The number of hydrogen-bond acceptors (Lipinski definition) is 5. The fraction of sp³-hybridized carbons (Fsp3) is 0.412. The molecule has 2 aromatic rings. The first-order valence-electron chi connectivity index (χ1n) is 7.61. The minimum atomic E-state index is -0.567. The van der Waals surface area contributed by atoms with Gasteiger partial charge in [-0.15, -0.1) is 0 Å². The highest BCUT2D eigenvalue weighted by Crippen LogP contribution is 2.20. The summed E-state index contributed by atoms with van der Waals surface area (Å²) < 4.78 is 5.33. The van der Waals surface area contributed by atoms with Gasteiger partial charge in [-0.2, -0.15) is 0 Å². The molecule has 0 saturated carbocycles. The van der Waals surface area contributed by atoms with Gasteiger partial charge in [0, 0.05) is 42.7 Å². The third-order valence-electron chi connectivity index (χ3n) is 3.94. The van der Waals surface area contributed by atoms with Gasteiger partial charge in [-0.05, 0) is 6.92 Å². The number of aromatic nitrogens is 2. The number of hydrogen-bond donors (Lipinski definition) is 1. The Hall–Kier alpha value is -1.82. The van der Waals surface area contributed by atoms with Gasteiger partial charge in [-0.1, -0.05) is 30.3 Å². The van der Waals surface area contributed by atoms with E-state index in [9.17, 15) is 5.11 Å². The van der Waals surface area contributed by atoms with Crippen molar-refractivity contribution in [1.29, 1.82) is 0 Å². The fourth-order valence-electron chi connectivity index (χ4n) is 2.66. The number of rotatable bonds is 4. The number of aliphatic hydroxyl groups excluding tert-OH is 1. The lowest BCUT2D eigenvalue weighted by atomic mass is 10.1. The molecule has 1 fully saturated rings. The number of β-amino-alcohol motifs (C(OH)–C–C–N with tert-alkyl or cyclic N) is 1. The van der Waals surface area contributed by atoms with Crippen molar-refractivity contribution >= 4 is 0 Å². The van der Waals surface area contributed by atoms with Gasteiger partial charge in [0.2, 0.25) is 0 Å². The first-order valence-corrected chi connectivity index (χ1v) is 7.61. The van der Waals surface area contributed by atoms with Crippen LogP contribution in [0.2, 0.25) is 0 Å². The first kappa shape index (κ1) is 15.1. The lowest BCUT2D eigenvalue weighted by Crippen LogP contribution is -2.39. The monoisotopic (exact) mass is 299 g/mol. The van der Waals surface area contributed by atoms with E-state index in [1.807, 2.05) is 37.3 Å². The number of benzene rings is 1. The maximum absolute atomic E-state index is 10.5. The molecule has 1 saturated heterocycles. The second-order valence-corrected chi connectivity index (χ2v) is 5.53. The van der Waals surface area contributed by atoms with Crippen LogP contribution in [0, 0.1) is 6.92 Å². The fourth-order valence-corrected chi connectivity index (χ4v) is 2.66. The van der Waals surface area contributed by atoms with Crippen molar-refractivity contribution in [3.63, 3.8) is 0 Å². The maximum atomic E-state index is 10.5. The van der Waals surface area contributed by atoms with Gasteiger partial charge in [-0.3, -0.25) is 4.90 Å². The molecule has 5 heteroatoms. The Balaban J connectivity index is 1.74. The predicted molar refractivity (Wildman–Crippen MR) is 84.4 cm³/mol. The third kappa shape index (κ3) is 3.50. The Morgan fingerprint density at radius 1 is 1.23 bits per heavy atom. The Bertz CT molecular complexity index is 613. The smallest absolute Gasteiger partial charge is 0.159 e. The van der Waals surface area contributed by atoms with Gasteiger partial charge in [0.15, 0.2) is 5.82 Å². The molecule has 5 nitrogen and oxygen atoms in total. The van der Waals surface area contributed by atoms with Gasteiger partial charge in [0.05, 0.1) is 19.3 Å². The summed E-state index contributed by atoms with van der Waals surface area (Å²) in [4.78, 5) is 11.2.